The average Bonchev–Trinajstić information content (AvgIpc) is 3.31. The SMILES string of the molecule is CC(C)CCN1C(=O)C2CCCCC2N2C(CCC(=O)N3CCN(c4ccccc4F)CC3)=NNC12. The summed E-state index contributed by atoms with van der Waals surface area (Å²) in [4.78, 5) is 34.6. The standard InChI is InChI=1S/C27H39FN6O2/c1-19(2)13-14-33-26(36)20-7-3-5-9-22(20)34-24(29-30-27(33)34)11-12-25(35)32-17-15-31(16-18-32)23-10-6-4-8-21(23)28/h4,6,8,10,19-20,22,27,30H,3,5,7,9,11-18H2,1-2H3. The van der Waals surface area contributed by atoms with Gasteiger partial charge in [-0.1, -0.05) is 38.8 Å². The molecule has 0 radical (unpaired) electrons. The van der Waals surface area contributed by atoms with E-state index in [4.69, 9.17) is 0 Å². The molecule has 2 saturated heterocycles. The molecule has 0 aromatic heterocycles. The predicted octanol–water partition coefficient (Wildman–Crippen LogP) is 3.20. The first-order valence-electron chi connectivity index (χ1n) is 13.6. The van der Waals surface area contributed by atoms with E-state index in [-0.39, 0.29) is 35.9 Å². The molecule has 1 N–H and O–H groups in total. The summed E-state index contributed by atoms with van der Waals surface area (Å²) in [5.41, 5.74) is 3.83. The maximum absolute atomic E-state index is 14.1. The number of fused-ring (bicyclic) bond motifs is 3. The number of rotatable bonds is 7. The number of para-hydroxylation sites is 1. The van der Waals surface area contributed by atoms with Gasteiger partial charge in [0.15, 0.2) is 6.29 Å². The van der Waals surface area contributed by atoms with Crippen LogP contribution in [-0.4, -0.2) is 77.4 Å². The molecule has 4 aliphatic rings. The molecular weight excluding hydrogens is 459 g/mol. The van der Waals surface area contributed by atoms with Gasteiger partial charge in [-0.15, -0.1) is 0 Å². The Morgan fingerprint density at radius 2 is 1.89 bits per heavy atom. The second-order valence-electron chi connectivity index (χ2n) is 10.9. The number of hydrazone groups is 1. The van der Waals surface area contributed by atoms with Crippen molar-refractivity contribution in [3.8, 4) is 0 Å². The van der Waals surface area contributed by atoms with Gasteiger partial charge in [0.2, 0.25) is 11.8 Å². The summed E-state index contributed by atoms with van der Waals surface area (Å²) in [5.74, 6) is 1.59. The van der Waals surface area contributed by atoms with Crippen LogP contribution in [-0.2, 0) is 9.59 Å². The third kappa shape index (κ3) is 4.89. The topological polar surface area (TPSA) is 71.5 Å². The summed E-state index contributed by atoms with van der Waals surface area (Å²) in [5, 5.41) is 4.64. The number of nitrogens with one attached hydrogen (secondary N) is 1. The van der Waals surface area contributed by atoms with Crippen molar-refractivity contribution in [2.75, 3.05) is 37.6 Å². The fourth-order valence-electron chi connectivity index (χ4n) is 6.15. The molecule has 3 aliphatic heterocycles. The van der Waals surface area contributed by atoms with Crippen molar-refractivity contribution in [1.29, 1.82) is 0 Å². The Bertz CT molecular complexity index is 992. The number of benzene rings is 1. The van der Waals surface area contributed by atoms with Gasteiger partial charge in [0.1, 0.15) is 11.7 Å². The van der Waals surface area contributed by atoms with Crippen LogP contribution in [0.1, 0.15) is 58.8 Å². The van der Waals surface area contributed by atoms with Crippen LogP contribution >= 0.6 is 0 Å². The Balaban J connectivity index is 1.19. The lowest BCUT2D eigenvalue weighted by molar-refractivity contribution is -0.155. The molecule has 3 fully saturated rings. The molecule has 1 saturated carbocycles. The van der Waals surface area contributed by atoms with Gasteiger partial charge >= 0.3 is 0 Å². The van der Waals surface area contributed by atoms with E-state index in [2.05, 4.69) is 29.3 Å². The number of amidine groups is 1. The van der Waals surface area contributed by atoms with Crippen molar-refractivity contribution in [2.45, 2.75) is 71.1 Å². The van der Waals surface area contributed by atoms with E-state index in [9.17, 15) is 14.0 Å². The fraction of sp³-hybridized carbons (Fsp3) is 0.667. The summed E-state index contributed by atoms with van der Waals surface area (Å²) >= 11 is 0. The zero-order chi connectivity index (χ0) is 25.2. The molecule has 8 nitrogen and oxygen atoms in total. The van der Waals surface area contributed by atoms with E-state index < -0.39 is 0 Å². The first kappa shape index (κ1) is 24.8. The van der Waals surface area contributed by atoms with E-state index in [1.807, 2.05) is 20.8 Å². The van der Waals surface area contributed by atoms with Crippen LogP contribution < -0.4 is 10.3 Å². The third-order valence-corrected chi connectivity index (χ3v) is 8.19. The highest BCUT2D eigenvalue weighted by Crippen LogP contribution is 2.38. The minimum absolute atomic E-state index is 0.0226. The van der Waals surface area contributed by atoms with Crippen LogP contribution in [0.2, 0.25) is 0 Å². The minimum atomic E-state index is -0.231. The zero-order valence-electron chi connectivity index (χ0n) is 21.5. The molecule has 1 aliphatic carbocycles. The molecule has 0 spiro atoms. The Morgan fingerprint density at radius 1 is 1.14 bits per heavy atom. The Morgan fingerprint density at radius 3 is 2.64 bits per heavy atom. The van der Waals surface area contributed by atoms with Gasteiger partial charge in [-0.2, -0.15) is 5.10 Å². The van der Waals surface area contributed by atoms with Gasteiger partial charge in [-0.05, 0) is 37.3 Å². The highest BCUT2D eigenvalue weighted by Gasteiger charge is 2.50. The molecule has 3 heterocycles. The lowest BCUT2D eigenvalue weighted by Gasteiger charge is -2.50. The minimum Gasteiger partial charge on any atom is -0.366 e. The lowest BCUT2D eigenvalue weighted by Crippen LogP contribution is -2.67. The molecule has 1 aromatic carbocycles. The van der Waals surface area contributed by atoms with Gasteiger partial charge < -0.3 is 19.6 Å². The second-order valence-corrected chi connectivity index (χ2v) is 10.9. The molecule has 5 rings (SSSR count). The van der Waals surface area contributed by atoms with Crippen LogP contribution in [0.5, 0.6) is 0 Å². The van der Waals surface area contributed by atoms with Gasteiger partial charge in [0.25, 0.3) is 0 Å². The molecular formula is C27H39FN6O2. The number of carbonyl (C=O) groups excluding carboxylic acids is 2. The number of hydrogen-bond donors (Lipinski definition) is 1. The van der Waals surface area contributed by atoms with Gasteiger partial charge in [-0.3, -0.25) is 15.0 Å². The highest BCUT2D eigenvalue weighted by molar-refractivity contribution is 5.91. The Labute approximate surface area is 213 Å². The number of halogens is 1. The van der Waals surface area contributed by atoms with Crippen LogP contribution in [0.25, 0.3) is 0 Å². The summed E-state index contributed by atoms with van der Waals surface area (Å²) in [6.45, 7) is 7.52. The molecule has 36 heavy (non-hydrogen) atoms. The maximum Gasteiger partial charge on any atom is 0.230 e. The molecule has 9 heteroatoms. The van der Waals surface area contributed by atoms with Crippen molar-refractivity contribution in [2.24, 2.45) is 16.9 Å². The zero-order valence-corrected chi connectivity index (χ0v) is 21.5. The first-order valence-corrected chi connectivity index (χ1v) is 13.6. The number of amides is 2. The van der Waals surface area contributed by atoms with Crippen molar-refractivity contribution >= 4 is 23.3 Å². The van der Waals surface area contributed by atoms with Gasteiger partial charge in [0, 0.05) is 51.6 Å². The molecule has 3 atom stereocenters. The van der Waals surface area contributed by atoms with Crippen LogP contribution in [0.15, 0.2) is 29.4 Å². The van der Waals surface area contributed by atoms with Gasteiger partial charge in [0.05, 0.1) is 11.6 Å². The average molecular weight is 499 g/mol. The molecule has 1 aromatic rings. The van der Waals surface area contributed by atoms with Crippen LogP contribution in [0.3, 0.4) is 0 Å². The van der Waals surface area contributed by atoms with Crippen molar-refractivity contribution in [3.05, 3.63) is 30.1 Å². The van der Waals surface area contributed by atoms with E-state index in [0.29, 0.717) is 50.6 Å². The van der Waals surface area contributed by atoms with E-state index in [1.54, 1.807) is 12.1 Å². The van der Waals surface area contributed by atoms with E-state index in [1.165, 1.54) is 6.07 Å². The molecule has 3 unspecified atom stereocenters. The number of anilines is 1. The van der Waals surface area contributed by atoms with Crippen molar-refractivity contribution in [3.63, 3.8) is 0 Å². The van der Waals surface area contributed by atoms with Crippen LogP contribution in [0, 0.1) is 17.7 Å². The monoisotopic (exact) mass is 498 g/mol. The van der Waals surface area contributed by atoms with Crippen molar-refractivity contribution in [1.82, 2.24) is 20.1 Å². The summed E-state index contributed by atoms with van der Waals surface area (Å²) in [6, 6.07) is 6.97. The number of piperazine rings is 1. The number of hydrogen-bond acceptors (Lipinski definition) is 6. The number of carbonyl (C=O) groups is 2. The third-order valence-electron chi connectivity index (χ3n) is 8.19. The normalized spacial score (nSPS) is 26.1. The first-order chi connectivity index (χ1) is 17.4. The molecule has 196 valence electrons. The largest absolute Gasteiger partial charge is 0.366 e. The Kier molecular flexibility index (Phi) is 7.34. The van der Waals surface area contributed by atoms with E-state index >= 15 is 0 Å². The van der Waals surface area contributed by atoms with Gasteiger partial charge in [-0.25, -0.2) is 4.39 Å². The Hall–Kier alpha value is -2.84. The molecule has 0 bridgehead atoms. The smallest absolute Gasteiger partial charge is 0.230 e. The van der Waals surface area contributed by atoms with E-state index in [0.717, 1.165) is 44.5 Å². The summed E-state index contributed by atoms with van der Waals surface area (Å²) in [7, 11) is 0. The fourth-order valence-corrected chi connectivity index (χ4v) is 6.15. The molecule has 2 amide bonds. The summed E-state index contributed by atoms with van der Waals surface area (Å²) in [6.07, 6.45) is 5.84. The van der Waals surface area contributed by atoms with Crippen LogP contribution in [0.4, 0.5) is 10.1 Å². The summed E-state index contributed by atoms with van der Waals surface area (Å²) < 4.78 is 14.1. The highest BCUT2D eigenvalue weighted by atomic mass is 19.1. The quantitative estimate of drug-likeness (QED) is 0.625. The number of nitrogens with zero attached hydrogens (tertiary/aromatic N) is 5. The lowest BCUT2D eigenvalue weighted by atomic mass is 9.80. The maximum atomic E-state index is 14.1. The predicted molar refractivity (Wildman–Crippen MR) is 138 cm³/mol. The second kappa shape index (κ2) is 10.6. The van der Waals surface area contributed by atoms with Crippen molar-refractivity contribution < 1.29 is 14.0 Å².